The van der Waals surface area contributed by atoms with Gasteiger partial charge in [0.05, 0.1) is 42.7 Å². The van der Waals surface area contributed by atoms with E-state index in [4.69, 9.17) is 15.2 Å². The van der Waals surface area contributed by atoms with Crippen molar-refractivity contribution in [2.24, 2.45) is 35.3 Å². The molecule has 2 heterocycles. The van der Waals surface area contributed by atoms with E-state index >= 15 is 0 Å². The number of likely N-dealkylation sites (tertiary alicyclic amines) is 1. The number of primary amides is 1. The molecule has 1 aliphatic rings. The minimum absolute atomic E-state index is 0.00772. The SMILES string of the molecule is CC[C@H](C)[C@@H]([C@@H](CC(=O)N1CCC[C@H]1[C@H](OC)[C@@H](C)C(=O)N[C@@H](Cc1ccccc1)C(=O)NCc1ccc(NC(=O)[C@H](CCCNC(N)=O)NC(=O)[C@@H](NC(=O)CCCC#Cc2cc(S(C)(=O)=O)ncn2)C(C)C)cc1)OC)N(C)C(=O)[C@@H](NC(=O)[C@H](C(C)C)N(C)C)C(C)C. The van der Waals surface area contributed by atoms with Gasteiger partial charge in [-0.1, -0.05) is 117 Å². The Labute approximate surface area is 567 Å². The third-order valence-corrected chi connectivity index (χ3v) is 18.3. The summed E-state index contributed by atoms with van der Waals surface area (Å²) in [4.78, 5) is 137. The third kappa shape index (κ3) is 24.9. The summed E-state index contributed by atoms with van der Waals surface area (Å²) in [5, 5.41) is 19.6. The second-order valence-corrected chi connectivity index (χ2v) is 28.0. The van der Waals surface area contributed by atoms with Crippen LogP contribution in [0.1, 0.15) is 137 Å². The molecule has 3 aromatic rings. The van der Waals surface area contributed by atoms with Crippen molar-refractivity contribution in [3.05, 3.63) is 83.8 Å². The van der Waals surface area contributed by atoms with Crippen molar-refractivity contribution in [1.29, 1.82) is 0 Å². The Morgan fingerprint density at radius 2 is 1.40 bits per heavy atom. The van der Waals surface area contributed by atoms with E-state index in [1.807, 2.05) is 90.9 Å². The molecule has 26 nitrogen and oxygen atoms in total. The van der Waals surface area contributed by atoms with Gasteiger partial charge in [0, 0.05) is 78.2 Å². The fourth-order valence-corrected chi connectivity index (χ4v) is 12.5. The number of nitrogens with zero attached hydrogens (tertiary/aromatic N) is 5. The topological polar surface area (TPSA) is 352 Å². The number of amides is 10. The van der Waals surface area contributed by atoms with Crippen molar-refractivity contribution in [3.8, 4) is 11.8 Å². The lowest BCUT2D eigenvalue weighted by Gasteiger charge is -2.41. The van der Waals surface area contributed by atoms with Gasteiger partial charge in [0.15, 0.2) is 14.9 Å². The van der Waals surface area contributed by atoms with Gasteiger partial charge in [0.25, 0.3) is 0 Å². The largest absolute Gasteiger partial charge is 0.379 e. The lowest BCUT2D eigenvalue weighted by molar-refractivity contribution is -0.148. The van der Waals surface area contributed by atoms with E-state index in [-0.39, 0.29) is 97.8 Å². The molecule has 0 unspecified atom stereocenters. The molecule has 9 N–H and O–H groups in total. The summed E-state index contributed by atoms with van der Waals surface area (Å²) in [6.45, 7) is 17.5. The minimum Gasteiger partial charge on any atom is -0.379 e. The van der Waals surface area contributed by atoms with Crippen LogP contribution in [0.2, 0.25) is 0 Å². The molecule has 0 saturated carbocycles. The van der Waals surface area contributed by atoms with E-state index in [0.717, 1.165) is 18.1 Å². The number of hydrogen-bond acceptors (Lipinski definition) is 16. The fourth-order valence-electron chi connectivity index (χ4n) is 12.0. The number of likely N-dealkylation sites (N-methyl/N-ethyl adjacent to an activating group) is 2. The zero-order valence-electron chi connectivity index (χ0n) is 58.7. The molecule has 10 amide bonds. The number of sulfone groups is 1. The summed E-state index contributed by atoms with van der Waals surface area (Å²) in [5.41, 5.74) is 7.28. The molecule has 1 fully saturated rings. The van der Waals surface area contributed by atoms with Crippen LogP contribution in [0, 0.1) is 41.4 Å². The highest BCUT2D eigenvalue weighted by Gasteiger charge is 2.44. The first-order chi connectivity index (χ1) is 45.3. The summed E-state index contributed by atoms with van der Waals surface area (Å²) in [5.74, 6) is 0.737. The number of benzene rings is 2. The van der Waals surface area contributed by atoms with Gasteiger partial charge in [-0.15, -0.1) is 0 Å². The van der Waals surface area contributed by atoms with E-state index in [2.05, 4.69) is 59.0 Å². The highest BCUT2D eigenvalue weighted by atomic mass is 32.2. The molecule has 0 radical (unpaired) electrons. The number of anilines is 1. The summed E-state index contributed by atoms with van der Waals surface area (Å²) in [6.07, 6.45) is 3.53. The van der Waals surface area contributed by atoms with Crippen LogP contribution in [0.5, 0.6) is 0 Å². The predicted octanol–water partition coefficient (Wildman–Crippen LogP) is 4.11. The normalized spacial score (nSPS) is 16.3. The van der Waals surface area contributed by atoms with E-state index in [1.165, 1.54) is 20.3 Å². The number of methoxy groups -OCH3 is 2. The average Bonchev–Trinajstić information content (AvgIpc) is 1.45. The monoisotopic (exact) mass is 1360 g/mol. The molecule has 0 spiro atoms. The molecule has 530 valence electrons. The maximum Gasteiger partial charge on any atom is 0.312 e. The van der Waals surface area contributed by atoms with Crippen LogP contribution in [0.4, 0.5) is 10.5 Å². The van der Waals surface area contributed by atoms with Crippen molar-refractivity contribution in [1.82, 2.24) is 56.6 Å². The maximum absolute atomic E-state index is 14.6. The smallest absolute Gasteiger partial charge is 0.312 e. The molecule has 27 heteroatoms. The van der Waals surface area contributed by atoms with Crippen molar-refractivity contribution in [3.63, 3.8) is 0 Å². The van der Waals surface area contributed by atoms with Crippen LogP contribution >= 0.6 is 0 Å². The number of nitrogens with two attached hydrogens (primary N) is 1. The number of ether oxygens (including phenoxy) is 2. The van der Waals surface area contributed by atoms with E-state index in [1.54, 1.807) is 61.9 Å². The van der Waals surface area contributed by atoms with Gasteiger partial charge in [0.2, 0.25) is 47.3 Å². The second kappa shape index (κ2) is 39.2. The van der Waals surface area contributed by atoms with E-state index < -0.39 is 112 Å². The Morgan fingerprint density at radius 3 is 1.98 bits per heavy atom. The number of carbonyl (C=O) groups is 9. The number of hydrogen-bond donors (Lipinski definition) is 8. The van der Waals surface area contributed by atoms with Crippen LogP contribution in [-0.2, 0) is 70.6 Å². The minimum atomic E-state index is -3.55. The van der Waals surface area contributed by atoms with Gasteiger partial charge in [-0.25, -0.2) is 23.2 Å². The summed E-state index contributed by atoms with van der Waals surface area (Å²) in [7, 11) is 4.83. The Morgan fingerprint density at radius 1 is 0.740 bits per heavy atom. The van der Waals surface area contributed by atoms with Crippen molar-refractivity contribution in [2.45, 2.75) is 193 Å². The molecular weight excluding hydrogens is 1250 g/mol. The van der Waals surface area contributed by atoms with Crippen LogP contribution in [0.15, 0.2) is 72.0 Å². The molecule has 1 aliphatic heterocycles. The molecular formula is C69H105N13O13S. The Balaban J connectivity index is 1.43. The Kier molecular flexibility index (Phi) is 32.8. The summed E-state index contributed by atoms with van der Waals surface area (Å²) in [6, 6.07) is 10.9. The van der Waals surface area contributed by atoms with Crippen molar-refractivity contribution < 1.29 is 61.0 Å². The quantitative estimate of drug-likeness (QED) is 0.0229. The highest BCUT2D eigenvalue weighted by molar-refractivity contribution is 7.90. The van der Waals surface area contributed by atoms with Gasteiger partial charge in [0.1, 0.15) is 36.2 Å². The summed E-state index contributed by atoms with van der Waals surface area (Å²) >= 11 is 0. The van der Waals surface area contributed by atoms with Gasteiger partial charge in [-0.3, -0.25) is 43.3 Å². The van der Waals surface area contributed by atoms with Gasteiger partial charge in [-0.05, 0) is 99.1 Å². The van der Waals surface area contributed by atoms with Crippen LogP contribution < -0.4 is 43.0 Å². The molecule has 2 aromatic carbocycles. The third-order valence-electron chi connectivity index (χ3n) is 17.4. The zero-order valence-corrected chi connectivity index (χ0v) is 59.5. The van der Waals surface area contributed by atoms with Crippen molar-refractivity contribution >= 4 is 68.8 Å². The molecule has 96 heavy (non-hydrogen) atoms. The average molecular weight is 1360 g/mol. The second-order valence-electron chi connectivity index (χ2n) is 26.1. The molecule has 1 saturated heterocycles. The van der Waals surface area contributed by atoms with Crippen LogP contribution in [-0.4, -0.2) is 196 Å². The standard InChI is InChI=1S/C69H105N13O13S/c1-16-45(8)61(81(12)68(90)59(43(4)5)79-67(89)60(44(6)7)80(10)11)54(94-13)39-57(84)82-36-24-29-53(82)62(95-14)46(9)63(85)77-52(37-47-25-19-17-20-26-47)64(86)72-40-48-31-33-49(34-32-48)75-65(87)51(28-23-35-71-69(70)91)76-66(88)58(42(2)3)78-55(83)30-22-18-21-27-50-38-56(74-41-73-50)96(15,92)93/h17,19-20,25-26,31-34,38,41-46,51-54,58-62H,16,18,22-24,28-30,35-37,39-40H2,1-15H3,(H,72,86)(H,75,87)(H,76,88)(H,77,85)(H,78,83)(H,79,89)(H3,70,71,91)/t45-,46+,51-,52-,53-,54+,58-,59-,60-,61-,62+/m0/s1. The van der Waals surface area contributed by atoms with E-state index in [9.17, 15) is 51.6 Å². The number of unbranched alkanes of at least 4 members (excludes halogenated alkanes) is 1. The number of nitrogens with one attached hydrogen (secondary N) is 7. The molecule has 0 bridgehead atoms. The van der Waals surface area contributed by atoms with Gasteiger partial charge < -0.3 is 62.2 Å². The Bertz CT molecular complexity index is 3240. The molecule has 0 aliphatic carbocycles. The molecule has 11 atom stereocenters. The van der Waals surface area contributed by atoms with E-state index in [0.29, 0.717) is 43.5 Å². The number of rotatable bonds is 37. The number of carbonyl (C=O) groups excluding carboxylic acids is 9. The molecule has 4 rings (SSSR count). The lowest BCUT2D eigenvalue weighted by atomic mass is 9.89. The van der Waals surface area contributed by atoms with Crippen molar-refractivity contribution in [2.75, 3.05) is 60.0 Å². The Hall–Kier alpha value is -8.06. The highest BCUT2D eigenvalue weighted by Crippen LogP contribution is 2.30. The fraction of sp³-hybridized carbons (Fsp3) is 0.609. The van der Waals surface area contributed by atoms with Crippen LogP contribution in [0.3, 0.4) is 0 Å². The number of aromatic nitrogens is 2. The summed E-state index contributed by atoms with van der Waals surface area (Å²) < 4.78 is 35.9. The maximum atomic E-state index is 14.6. The predicted molar refractivity (Wildman–Crippen MR) is 366 cm³/mol. The first kappa shape index (κ1) is 80.4. The number of urea groups is 1. The lowest BCUT2D eigenvalue weighted by Crippen LogP contribution is -2.59. The van der Waals surface area contributed by atoms with Gasteiger partial charge >= 0.3 is 6.03 Å². The first-order valence-electron chi connectivity index (χ1n) is 33.1. The zero-order chi connectivity index (χ0) is 71.6. The van der Waals surface area contributed by atoms with Gasteiger partial charge in [-0.2, -0.15) is 0 Å². The molecule has 1 aromatic heterocycles. The first-order valence-corrected chi connectivity index (χ1v) is 35.0. The van der Waals surface area contributed by atoms with Crippen LogP contribution in [0.25, 0.3) is 0 Å².